The van der Waals surface area contributed by atoms with Crippen LogP contribution < -0.4 is 0 Å². The summed E-state index contributed by atoms with van der Waals surface area (Å²) in [4.78, 5) is 18.3. The molecule has 2 aromatic carbocycles. The molecule has 29 heavy (non-hydrogen) atoms. The van der Waals surface area contributed by atoms with Gasteiger partial charge >= 0.3 is 0 Å². The Morgan fingerprint density at radius 3 is 2.38 bits per heavy atom. The van der Waals surface area contributed by atoms with E-state index in [1.807, 2.05) is 61.5 Å². The van der Waals surface area contributed by atoms with Crippen LogP contribution in [0.5, 0.6) is 0 Å². The summed E-state index contributed by atoms with van der Waals surface area (Å²) in [6, 6.07) is 16.7. The van der Waals surface area contributed by atoms with E-state index in [1.54, 1.807) is 10.5 Å². The van der Waals surface area contributed by atoms with Crippen LogP contribution in [0.2, 0.25) is 0 Å². The van der Waals surface area contributed by atoms with Crippen molar-refractivity contribution in [2.24, 2.45) is 0 Å². The number of aromatic amines is 1. The molecule has 152 valence electrons. The molecule has 0 bridgehead atoms. The number of para-hydroxylation sites is 1. The lowest BCUT2D eigenvalue weighted by Gasteiger charge is -2.36. The van der Waals surface area contributed by atoms with Gasteiger partial charge in [-0.05, 0) is 18.6 Å². The maximum Gasteiger partial charge on any atom is 0.218 e. The number of aromatic nitrogens is 1. The number of rotatable bonds is 6. The number of Topliss-reactive ketones (excluding diaryl/α,β-unsaturated/α-hetero) is 1. The molecular formula is C22H25N3O3S. The molecule has 1 N–H and O–H groups in total. The molecule has 0 saturated carbocycles. The maximum atomic E-state index is 13.0. The highest BCUT2D eigenvalue weighted by molar-refractivity contribution is 7.88. The molecule has 7 heteroatoms. The Bertz CT molecular complexity index is 1100. The topological polar surface area (TPSA) is 73.5 Å². The lowest BCUT2D eigenvalue weighted by Crippen LogP contribution is -2.53. The standard InChI is InChI=1S/C22H25N3O3S/c1-17(22(26)20-15-23-21-10-6-5-9-19(20)21)24-11-13-25(14-12-24)29(27,28)16-18-7-3-2-4-8-18/h2-10,15,17,23H,11-14,16H2,1H3/t17-/m1/s1. The van der Waals surface area contributed by atoms with Gasteiger partial charge in [0.15, 0.2) is 5.78 Å². The number of piperazine rings is 1. The first-order valence-corrected chi connectivity index (χ1v) is 11.4. The predicted octanol–water partition coefficient (Wildman–Crippen LogP) is 2.89. The second-order valence-corrected chi connectivity index (χ2v) is 9.43. The van der Waals surface area contributed by atoms with Crippen LogP contribution in [0.3, 0.4) is 0 Å². The van der Waals surface area contributed by atoms with E-state index < -0.39 is 10.0 Å². The van der Waals surface area contributed by atoms with Crippen molar-refractivity contribution in [1.82, 2.24) is 14.2 Å². The first-order chi connectivity index (χ1) is 14.0. The smallest absolute Gasteiger partial charge is 0.218 e. The van der Waals surface area contributed by atoms with Crippen LogP contribution in [0.25, 0.3) is 10.9 Å². The Hall–Kier alpha value is -2.48. The average Bonchev–Trinajstić information content (AvgIpc) is 3.17. The number of hydrogen-bond acceptors (Lipinski definition) is 4. The molecule has 1 saturated heterocycles. The third-order valence-corrected chi connectivity index (χ3v) is 7.49. The second kappa shape index (κ2) is 8.10. The van der Waals surface area contributed by atoms with Crippen LogP contribution in [-0.4, -0.2) is 60.6 Å². The van der Waals surface area contributed by atoms with Gasteiger partial charge in [0.1, 0.15) is 0 Å². The number of carbonyl (C=O) groups excluding carboxylic acids is 1. The van der Waals surface area contributed by atoms with E-state index in [0.717, 1.165) is 16.5 Å². The Morgan fingerprint density at radius 2 is 1.66 bits per heavy atom. The first kappa shape index (κ1) is 19.8. The third-order valence-electron chi connectivity index (χ3n) is 5.64. The Balaban J connectivity index is 1.40. The Morgan fingerprint density at radius 1 is 1.00 bits per heavy atom. The van der Waals surface area contributed by atoms with Crippen LogP contribution in [0.1, 0.15) is 22.8 Å². The zero-order chi connectivity index (χ0) is 20.4. The maximum absolute atomic E-state index is 13.0. The predicted molar refractivity (Wildman–Crippen MR) is 114 cm³/mol. The quantitative estimate of drug-likeness (QED) is 0.633. The van der Waals surface area contributed by atoms with Crippen molar-refractivity contribution in [3.05, 3.63) is 71.9 Å². The van der Waals surface area contributed by atoms with Gasteiger partial charge in [0.05, 0.1) is 11.8 Å². The van der Waals surface area contributed by atoms with E-state index in [-0.39, 0.29) is 17.6 Å². The molecule has 0 spiro atoms. The molecule has 2 heterocycles. The van der Waals surface area contributed by atoms with Gasteiger partial charge in [-0.2, -0.15) is 4.31 Å². The monoisotopic (exact) mass is 411 g/mol. The van der Waals surface area contributed by atoms with Crippen molar-refractivity contribution in [3.63, 3.8) is 0 Å². The van der Waals surface area contributed by atoms with Crippen molar-refractivity contribution in [3.8, 4) is 0 Å². The minimum Gasteiger partial charge on any atom is -0.360 e. The Labute approximate surface area is 171 Å². The molecule has 4 rings (SSSR count). The first-order valence-electron chi connectivity index (χ1n) is 9.82. The number of H-pyrrole nitrogens is 1. The summed E-state index contributed by atoms with van der Waals surface area (Å²) in [5.41, 5.74) is 2.42. The van der Waals surface area contributed by atoms with E-state index in [4.69, 9.17) is 0 Å². The second-order valence-electron chi connectivity index (χ2n) is 7.46. The highest BCUT2D eigenvalue weighted by Gasteiger charge is 2.31. The zero-order valence-electron chi connectivity index (χ0n) is 16.4. The molecule has 0 unspecified atom stereocenters. The molecule has 1 aromatic heterocycles. The molecular weight excluding hydrogens is 386 g/mol. The highest BCUT2D eigenvalue weighted by atomic mass is 32.2. The van der Waals surface area contributed by atoms with E-state index in [1.165, 1.54) is 0 Å². The van der Waals surface area contributed by atoms with Gasteiger partial charge in [-0.25, -0.2) is 8.42 Å². The van der Waals surface area contributed by atoms with Gasteiger partial charge in [-0.3, -0.25) is 9.69 Å². The van der Waals surface area contributed by atoms with Crippen molar-refractivity contribution in [2.75, 3.05) is 26.2 Å². The van der Waals surface area contributed by atoms with Crippen LogP contribution in [0.15, 0.2) is 60.8 Å². The number of carbonyl (C=O) groups is 1. The van der Waals surface area contributed by atoms with Crippen molar-refractivity contribution in [2.45, 2.75) is 18.7 Å². The van der Waals surface area contributed by atoms with Gasteiger partial charge in [-0.15, -0.1) is 0 Å². The zero-order valence-corrected chi connectivity index (χ0v) is 17.2. The molecule has 0 aliphatic carbocycles. The molecule has 6 nitrogen and oxygen atoms in total. The summed E-state index contributed by atoms with van der Waals surface area (Å²) in [5, 5.41) is 0.924. The van der Waals surface area contributed by atoms with Crippen molar-refractivity contribution >= 4 is 26.7 Å². The van der Waals surface area contributed by atoms with E-state index in [2.05, 4.69) is 9.88 Å². The molecule has 1 aliphatic rings. The van der Waals surface area contributed by atoms with Gasteiger partial charge in [0.25, 0.3) is 0 Å². The lowest BCUT2D eigenvalue weighted by atomic mass is 10.0. The van der Waals surface area contributed by atoms with Crippen LogP contribution in [0, 0.1) is 0 Å². The van der Waals surface area contributed by atoms with E-state index >= 15 is 0 Å². The number of benzene rings is 2. The van der Waals surface area contributed by atoms with Gasteiger partial charge < -0.3 is 4.98 Å². The number of ketones is 1. The number of sulfonamides is 1. The number of nitrogens with one attached hydrogen (secondary N) is 1. The van der Waals surface area contributed by atoms with Crippen LogP contribution >= 0.6 is 0 Å². The minimum atomic E-state index is -3.36. The molecule has 3 aromatic rings. The van der Waals surface area contributed by atoms with Gasteiger partial charge in [-0.1, -0.05) is 48.5 Å². The summed E-state index contributed by atoms with van der Waals surface area (Å²) >= 11 is 0. The minimum absolute atomic E-state index is 0.0116. The third kappa shape index (κ3) is 4.12. The van der Waals surface area contributed by atoms with Crippen LogP contribution in [0.4, 0.5) is 0 Å². The summed E-state index contributed by atoms with van der Waals surface area (Å²) in [7, 11) is -3.36. The molecule has 1 atom stereocenters. The average molecular weight is 412 g/mol. The summed E-state index contributed by atoms with van der Waals surface area (Å²) in [6.07, 6.45) is 1.77. The summed E-state index contributed by atoms with van der Waals surface area (Å²) < 4.78 is 27.0. The molecule has 0 radical (unpaired) electrons. The summed E-state index contributed by atoms with van der Waals surface area (Å²) in [5.74, 6) is 0.0699. The van der Waals surface area contributed by atoms with Gasteiger partial charge in [0, 0.05) is 48.8 Å². The Kier molecular flexibility index (Phi) is 5.54. The number of nitrogens with zero attached hydrogens (tertiary/aromatic N) is 2. The largest absolute Gasteiger partial charge is 0.360 e. The van der Waals surface area contributed by atoms with Crippen molar-refractivity contribution in [1.29, 1.82) is 0 Å². The summed E-state index contributed by atoms with van der Waals surface area (Å²) in [6.45, 7) is 3.80. The SMILES string of the molecule is C[C@H](C(=O)c1c[nH]c2ccccc12)N1CCN(S(=O)(=O)Cc2ccccc2)CC1. The fraction of sp³-hybridized carbons (Fsp3) is 0.318. The fourth-order valence-electron chi connectivity index (χ4n) is 3.91. The lowest BCUT2D eigenvalue weighted by molar-refractivity contribution is 0.0784. The van der Waals surface area contributed by atoms with E-state index in [9.17, 15) is 13.2 Å². The van der Waals surface area contributed by atoms with Crippen LogP contribution in [-0.2, 0) is 15.8 Å². The molecule has 1 aliphatic heterocycles. The normalized spacial score (nSPS) is 17.4. The molecule has 1 fully saturated rings. The van der Waals surface area contributed by atoms with Gasteiger partial charge in [0.2, 0.25) is 10.0 Å². The number of fused-ring (bicyclic) bond motifs is 1. The number of hydrogen-bond donors (Lipinski definition) is 1. The fourth-order valence-corrected chi connectivity index (χ4v) is 5.43. The van der Waals surface area contributed by atoms with Crippen molar-refractivity contribution < 1.29 is 13.2 Å². The molecule has 0 amide bonds. The van der Waals surface area contributed by atoms with E-state index in [0.29, 0.717) is 31.7 Å². The highest BCUT2D eigenvalue weighted by Crippen LogP contribution is 2.22.